The van der Waals surface area contributed by atoms with Gasteiger partial charge in [-0.3, -0.25) is 4.79 Å². The van der Waals surface area contributed by atoms with E-state index in [0.29, 0.717) is 16.8 Å². The van der Waals surface area contributed by atoms with Gasteiger partial charge in [0, 0.05) is 11.8 Å². The molecule has 0 aromatic heterocycles. The Morgan fingerprint density at radius 3 is 2.25 bits per heavy atom. The third-order valence-corrected chi connectivity index (χ3v) is 2.92. The van der Waals surface area contributed by atoms with Crippen molar-refractivity contribution >= 4 is 34.8 Å². The normalized spacial score (nSPS) is 10.7. The monoisotopic (exact) mass is 315 g/mol. The molecule has 0 radical (unpaired) electrons. The van der Waals surface area contributed by atoms with Crippen LogP contribution in [0.2, 0.25) is 0 Å². The lowest BCUT2D eigenvalue weighted by Crippen LogP contribution is -2.18. The number of carbonyl (C=O) groups excluding carboxylic acids is 1. The number of amides is 1. The molecule has 1 amide bonds. The largest absolute Gasteiger partial charge is 0.324 e. The fourth-order valence-electron chi connectivity index (χ4n) is 1.69. The van der Waals surface area contributed by atoms with Gasteiger partial charge in [0.25, 0.3) is 5.91 Å². The average Bonchev–Trinajstić information content (AvgIpc) is 2.37. The van der Waals surface area contributed by atoms with Crippen molar-refractivity contribution in [2.45, 2.75) is 4.84 Å². The summed E-state index contributed by atoms with van der Waals surface area (Å²) in [4.78, 5) is 10.2. The van der Waals surface area contributed by atoms with E-state index >= 15 is 0 Å². The fraction of sp³-hybridized carbons (Fsp3) is 0.0714. The second-order valence-corrected chi connectivity index (χ2v) is 5.13. The van der Waals surface area contributed by atoms with E-state index in [4.69, 9.17) is 23.2 Å². The predicted molar refractivity (Wildman–Crippen MR) is 75.9 cm³/mol. The van der Waals surface area contributed by atoms with Crippen LogP contribution in [-0.2, 0) is 4.79 Å². The van der Waals surface area contributed by atoms with E-state index in [1.165, 1.54) is 12.1 Å². The Labute approximate surface area is 124 Å². The summed E-state index contributed by atoms with van der Waals surface area (Å²) in [6.07, 6.45) is 0. The molecule has 0 atom stereocenters. The molecule has 2 aromatic rings. The summed E-state index contributed by atoms with van der Waals surface area (Å²) in [5.41, 5.74) is 1.36. The van der Waals surface area contributed by atoms with E-state index in [2.05, 4.69) is 5.32 Å². The number of alkyl halides is 2. The summed E-state index contributed by atoms with van der Waals surface area (Å²) in [7, 11) is 0. The van der Waals surface area contributed by atoms with Crippen LogP contribution in [0.25, 0.3) is 11.1 Å². The van der Waals surface area contributed by atoms with Crippen LogP contribution < -0.4 is 5.32 Å². The van der Waals surface area contributed by atoms with Gasteiger partial charge in [0.05, 0.1) is 0 Å². The lowest BCUT2D eigenvalue weighted by molar-refractivity contribution is -0.114. The molecular weight excluding hydrogens is 307 g/mol. The molecule has 0 saturated heterocycles. The average molecular weight is 316 g/mol. The van der Waals surface area contributed by atoms with Gasteiger partial charge < -0.3 is 5.32 Å². The number of hydrogen-bond donors (Lipinski definition) is 1. The van der Waals surface area contributed by atoms with E-state index in [1.807, 2.05) is 0 Å². The van der Waals surface area contributed by atoms with Crippen LogP contribution in [0.4, 0.5) is 14.5 Å². The van der Waals surface area contributed by atoms with Crippen LogP contribution in [0.3, 0.4) is 0 Å². The molecule has 0 bridgehead atoms. The molecule has 6 heteroatoms. The minimum absolute atomic E-state index is 0.367. The summed E-state index contributed by atoms with van der Waals surface area (Å²) >= 11 is 10.9. The number of rotatable bonds is 3. The van der Waals surface area contributed by atoms with Gasteiger partial charge >= 0.3 is 0 Å². The minimum Gasteiger partial charge on any atom is -0.324 e. The summed E-state index contributed by atoms with van der Waals surface area (Å²) in [5, 5.41) is 2.49. The zero-order valence-corrected chi connectivity index (χ0v) is 11.6. The summed E-state index contributed by atoms with van der Waals surface area (Å²) < 4.78 is 26.4. The molecule has 2 aromatic carbocycles. The van der Waals surface area contributed by atoms with Crippen molar-refractivity contribution in [3.63, 3.8) is 0 Å². The van der Waals surface area contributed by atoms with E-state index in [1.54, 1.807) is 24.3 Å². The van der Waals surface area contributed by atoms with Crippen molar-refractivity contribution in [3.8, 4) is 11.1 Å². The molecule has 0 aliphatic heterocycles. The molecule has 2 rings (SSSR count). The van der Waals surface area contributed by atoms with Gasteiger partial charge in [-0.15, -0.1) is 0 Å². The number of hydrogen-bond acceptors (Lipinski definition) is 1. The van der Waals surface area contributed by atoms with Crippen molar-refractivity contribution in [1.29, 1.82) is 0 Å². The Morgan fingerprint density at radius 1 is 1.00 bits per heavy atom. The lowest BCUT2D eigenvalue weighted by Gasteiger charge is -2.08. The Kier molecular flexibility index (Phi) is 4.57. The van der Waals surface area contributed by atoms with Crippen LogP contribution in [0.1, 0.15) is 0 Å². The van der Waals surface area contributed by atoms with Crippen LogP contribution in [0.5, 0.6) is 0 Å². The molecule has 0 heterocycles. The number of benzene rings is 2. The highest BCUT2D eigenvalue weighted by Crippen LogP contribution is 2.24. The van der Waals surface area contributed by atoms with Crippen molar-refractivity contribution in [3.05, 3.63) is 54.1 Å². The maximum Gasteiger partial charge on any atom is 0.257 e. The first-order valence-corrected chi connectivity index (χ1v) is 6.48. The standard InChI is InChI=1S/C14H9Cl2F2NO/c15-13(16)14(20)19-12-3-1-2-8(6-12)9-4-10(17)7-11(18)5-9/h1-7,13H,(H,19,20). The third kappa shape index (κ3) is 3.68. The predicted octanol–water partition coefficient (Wildman–Crippen LogP) is 4.37. The lowest BCUT2D eigenvalue weighted by atomic mass is 10.0. The van der Waals surface area contributed by atoms with Gasteiger partial charge in [0.15, 0.2) is 4.84 Å². The van der Waals surface area contributed by atoms with Crippen LogP contribution in [-0.4, -0.2) is 10.7 Å². The number of nitrogens with one attached hydrogen (secondary N) is 1. The highest BCUT2D eigenvalue weighted by molar-refractivity contribution is 6.54. The quantitative estimate of drug-likeness (QED) is 0.837. The molecular formula is C14H9Cl2F2NO. The van der Waals surface area contributed by atoms with E-state index in [-0.39, 0.29) is 0 Å². The van der Waals surface area contributed by atoms with Crippen LogP contribution >= 0.6 is 23.2 Å². The Hall–Kier alpha value is -1.65. The topological polar surface area (TPSA) is 29.1 Å². The van der Waals surface area contributed by atoms with Gasteiger partial charge in [0.2, 0.25) is 0 Å². The Balaban J connectivity index is 2.32. The first-order valence-electron chi connectivity index (χ1n) is 5.61. The minimum atomic E-state index is -1.19. The molecule has 0 fully saturated rings. The van der Waals surface area contributed by atoms with Crippen molar-refractivity contribution in [2.24, 2.45) is 0 Å². The van der Waals surface area contributed by atoms with E-state index in [9.17, 15) is 13.6 Å². The maximum atomic E-state index is 13.2. The number of halogens is 4. The van der Waals surface area contributed by atoms with E-state index in [0.717, 1.165) is 6.07 Å². The van der Waals surface area contributed by atoms with Gasteiger partial charge in [-0.25, -0.2) is 8.78 Å². The first kappa shape index (κ1) is 14.8. The molecule has 20 heavy (non-hydrogen) atoms. The van der Waals surface area contributed by atoms with Crippen molar-refractivity contribution < 1.29 is 13.6 Å². The molecule has 0 saturated carbocycles. The van der Waals surface area contributed by atoms with Crippen molar-refractivity contribution in [1.82, 2.24) is 0 Å². The van der Waals surface area contributed by atoms with Crippen LogP contribution in [0.15, 0.2) is 42.5 Å². The first-order chi connectivity index (χ1) is 9.45. The molecule has 0 aliphatic carbocycles. The summed E-state index contributed by atoms with van der Waals surface area (Å²) in [6, 6.07) is 9.70. The second-order valence-electron chi connectivity index (χ2n) is 4.03. The summed E-state index contributed by atoms with van der Waals surface area (Å²) in [6.45, 7) is 0. The van der Waals surface area contributed by atoms with Crippen LogP contribution in [0, 0.1) is 11.6 Å². The molecule has 2 nitrogen and oxygen atoms in total. The molecule has 0 unspecified atom stereocenters. The fourth-order valence-corrected chi connectivity index (χ4v) is 1.80. The highest BCUT2D eigenvalue weighted by atomic mass is 35.5. The second kappa shape index (κ2) is 6.20. The zero-order chi connectivity index (χ0) is 14.7. The van der Waals surface area contributed by atoms with E-state index < -0.39 is 22.4 Å². The summed E-state index contributed by atoms with van der Waals surface area (Å²) in [5.74, 6) is -1.91. The smallest absolute Gasteiger partial charge is 0.257 e. The third-order valence-electron chi connectivity index (χ3n) is 2.52. The number of anilines is 1. The molecule has 104 valence electrons. The zero-order valence-electron chi connectivity index (χ0n) is 10.0. The van der Waals surface area contributed by atoms with Gasteiger partial charge in [-0.1, -0.05) is 35.3 Å². The highest BCUT2D eigenvalue weighted by Gasteiger charge is 2.12. The van der Waals surface area contributed by atoms with Gasteiger partial charge in [-0.2, -0.15) is 0 Å². The maximum absolute atomic E-state index is 13.2. The number of carbonyl (C=O) groups is 1. The molecule has 1 N–H and O–H groups in total. The molecule has 0 spiro atoms. The Bertz CT molecular complexity index is 627. The van der Waals surface area contributed by atoms with Gasteiger partial charge in [0.1, 0.15) is 11.6 Å². The SMILES string of the molecule is O=C(Nc1cccc(-c2cc(F)cc(F)c2)c1)C(Cl)Cl. The van der Waals surface area contributed by atoms with Crippen molar-refractivity contribution in [2.75, 3.05) is 5.32 Å². The van der Waals surface area contributed by atoms with Gasteiger partial charge in [-0.05, 0) is 35.4 Å². The Morgan fingerprint density at radius 2 is 1.65 bits per heavy atom. The molecule has 0 aliphatic rings.